The van der Waals surface area contributed by atoms with Gasteiger partial charge < -0.3 is 10.5 Å². The first kappa shape index (κ1) is 13.9. The number of hydrogen-bond donors (Lipinski definition) is 1. The number of thioether (sulfide) groups is 1. The zero-order valence-corrected chi connectivity index (χ0v) is 12.2. The Balaban J connectivity index is 2.13. The van der Waals surface area contributed by atoms with Crippen molar-refractivity contribution in [2.24, 2.45) is 5.73 Å². The van der Waals surface area contributed by atoms with Gasteiger partial charge in [-0.15, -0.1) is 11.8 Å². The third-order valence-electron chi connectivity index (χ3n) is 3.48. The highest BCUT2D eigenvalue weighted by molar-refractivity contribution is 8.00. The highest BCUT2D eigenvalue weighted by Gasteiger charge is 2.29. The number of ether oxygens (including phenoxy) is 1. The van der Waals surface area contributed by atoms with Gasteiger partial charge in [-0.1, -0.05) is 29.8 Å². The average Bonchev–Trinajstić information content (AvgIpc) is 2.71. The molecule has 2 rings (SSSR count). The molecule has 2 nitrogen and oxygen atoms in total. The van der Waals surface area contributed by atoms with Crippen LogP contribution in [0.1, 0.15) is 36.6 Å². The predicted molar refractivity (Wildman–Crippen MR) is 79.0 cm³/mol. The van der Waals surface area contributed by atoms with E-state index >= 15 is 0 Å². The van der Waals surface area contributed by atoms with Crippen molar-refractivity contribution in [2.45, 2.75) is 49.8 Å². The van der Waals surface area contributed by atoms with Crippen LogP contribution in [0.5, 0.6) is 0 Å². The molecule has 2 N–H and O–H groups in total. The second-order valence-corrected chi connectivity index (χ2v) is 6.62. The van der Waals surface area contributed by atoms with Crippen LogP contribution in [0.3, 0.4) is 0 Å². The molecule has 1 fully saturated rings. The summed E-state index contributed by atoms with van der Waals surface area (Å²) >= 11 is 1.98. The molecule has 1 saturated heterocycles. The van der Waals surface area contributed by atoms with Crippen LogP contribution < -0.4 is 5.73 Å². The molecule has 0 bridgehead atoms. The highest BCUT2D eigenvalue weighted by atomic mass is 32.2. The van der Waals surface area contributed by atoms with Crippen molar-refractivity contribution < 1.29 is 4.74 Å². The van der Waals surface area contributed by atoms with Crippen LogP contribution in [0.25, 0.3) is 0 Å². The molecule has 0 radical (unpaired) electrons. The standard InChI is InChI=1S/C15H23NOS/c1-10-5-4-6-13(9-10)15(11(2)16)18-14-7-8-17-12(14)3/h4-6,9,11-12,14-15H,7-8,16H2,1-3H3. The van der Waals surface area contributed by atoms with Gasteiger partial charge in [-0.2, -0.15) is 0 Å². The van der Waals surface area contributed by atoms with E-state index < -0.39 is 0 Å². The van der Waals surface area contributed by atoms with Gasteiger partial charge in [0.1, 0.15) is 0 Å². The fourth-order valence-corrected chi connectivity index (χ4v) is 3.89. The lowest BCUT2D eigenvalue weighted by Gasteiger charge is -2.25. The van der Waals surface area contributed by atoms with Crippen LogP contribution in [0.15, 0.2) is 24.3 Å². The van der Waals surface area contributed by atoms with Gasteiger partial charge in [0.2, 0.25) is 0 Å². The Morgan fingerprint density at radius 2 is 2.22 bits per heavy atom. The van der Waals surface area contributed by atoms with Crippen LogP contribution in [-0.4, -0.2) is 24.0 Å². The van der Waals surface area contributed by atoms with Gasteiger partial charge in [0, 0.05) is 23.1 Å². The molecular formula is C15H23NOS. The SMILES string of the molecule is Cc1cccc(C(SC2CCOC2C)C(C)N)c1. The molecule has 4 unspecified atom stereocenters. The molecule has 1 aromatic rings. The average molecular weight is 265 g/mol. The van der Waals surface area contributed by atoms with Crippen molar-refractivity contribution >= 4 is 11.8 Å². The van der Waals surface area contributed by atoms with Gasteiger partial charge in [-0.05, 0) is 32.8 Å². The number of hydrogen-bond acceptors (Lipinski definition) is 3. The van der Waals surface area contributed by atoms with Crippen molar-refractivity contribution in [3.05, 3.63) is 35.4 Å². The third kappa shape index (κ3) is 3.28. The molecule has 1 heterocycles. The Hall–Kier alpha value is -0.510. The second kappa shape index (κ2) is 6.09. The molecule has 1 aliphatic rings. The summed E-state index contributed by atoms with van der Waals surface area (Å²) in [4.78, 5) is 0. The molecule has 1 aromatic carbocycles. The molecule has 3 heteroatoms. The van der Waals surface area contributed by atoms with Gasteiger partial charge in [-0.3, -0.25) is 0 Å². The van der Waals surface area contributed by atoms with Crippen molar-refractivity contribution in [3.63, 3.8) is 0 Å². The summed E-state index contributed by atoms with van der Waals surface area (Å²) in [6.45, 7) is 7.28. The Kier molecular flexibility index (Phi) is 4.71. The topological polar surface area (TPSA) is 35.2 Å². The van der Waals surface area contributed by atoms with E-state index in [1.165, 1.54) is 11.1 Å². The van der Waals surface area contributed by atoms with Crippen LogP contribution in [0.4, 0.5) is 0 Å². The lowest BCUT2D eigenvalue weighted by molar-refractivity contribution is 0.127. The summed E-state index contributed by atoms with van der Waals surface area (Å²) in [5.41, 5.74) is 8.82. The Morgan fingerprint density at radius 3 is 2.78 bits per heavy atom. The summed E-state index contributed by atoms with van der Waals surface area (Å²) in [5.74, 6) is 0. The first-order valence-electron chi connectivity index (χ1n) is 6.67. The molecule has 0 aromatic heterocycles. The van der Waals surface area contributed by atoms with Crippen LogP contribution >= 0.6 is 11.8 Å². The largest absolute Gasteiger partial charge is 0.377 e. The zero-order valence-electron chi connectivity index (χ0n) is 11.4. The minimum atomic E-state index is 0.157. The highest BCUT2D eigenvalue weighted by Crippen LogP contribution is 2.39. The predicted octanol–water partition coefficient (Wildman–Crippen LogP) is 3.29. The monoisotopic (exact) mass is 265 g/mol. The lowest BCUT2D eigenvalue weighted by Crippen LogP contribution is -2.26. The number of benzene rings is 1. The van der Waals surface area contributed by atoms with E-state index in [9.17, 15) is 0 Å². The van der Waals surface area contributed by atoms with Crippen molar-refractivity contribution in [3.8, 4) is 0 Å². The molecular weight excluding hydrogens is 242 g/mol. The summed E-state index contributed by atoms with van der Waals surface area (Å²) in [5, 5.41) is 0.931. The van der Waals surface area contributed by atoms with Gasteiger partial charge >= 0.3 is 0 Å². The van der Waals surface area contributed by atoms with Crippen LogP contribution in [0.2, 0.25) is 0 Å². The maximum Gasteiger partial charge on any atom is 0.0666 e. The molecule has 0 amide bonds. The van der Waals surface area contributed by atoms with Gasteiger partial charge in [0.15, 0.2) is 0 Å². The lowest BCUT2D eigenvalue weighted by atomic mass is 10.0. The minimum Gasteiger partial charge on any atom is -0.377 e. The van der Waals surface area contributed by atoms with E-state index in [0.29, 0.717) is 16.6 Å². The van der Waals surface area contributed by atoms with E-state index in [2.05, 4.69) is 45.0 Å². The molecule has 4 atom stereocenters. The van der Waals surface area contributed by atoms with E-state index in [-0.39, 0.29) is 6.04 Å². The number of aryl methyl sites for hydroxylation is 1. The first-order valence-corrected chi connectivity index (χ1v) is 7.61. The molecule has 100 valence electrons. The third-order valence-corrected chi connectivity index (χ3v) is 5.44. The maximum atomic E-state index is 6.18. The van der Waals surface area contributed by atoms with Gasteiger partial charge in [0.05, 0.1) is 6.10 Å². The van der Waals surface area contributed by atoms with E-state index in [0.717, 1.165) is 13.0 Å². The smallest absolute Gasteiger partial charge is 0.0666 e. The Bertz CT molecular complexity index is 394. The fraction of sp³-hybridized carbons (Fsp3) is 0.600. The van der Waals surface area contributed by atoms with Crippen molar-refractivity contribution in [1.29, 1.82) is 0 Å². The zero-order chi connectivity index (χ0) is 13.1. The summed E-state index contributed by atoms with van der Waals surface area (Å²) in [6.07, 6.45) is 1.49. The Morgan fingerprint density at radius 1 is 1.44 bits per heavy atom. The number of rotatable bonds is 4. The molecule has 1 aliphatic heterocycles. The van der Waals surface area contributed by atoms with Crippen LogP contribution in [-0.2, 0) is 4.74 Å². The van der Waals surface area contributed by atoms with E-state index in [4.69, 9.17) is 10.5 Å². The summed E-state index contributed by atoms with van der Waals surface area (Å²) in [6, 6.07) is 8.85. The molecule has 0 aliphatic carbocycles. The summed E-state index contributed by atoms with van der Waals surface area (Å²) < 4.78 is 5.64. The van der Waals surface area contributed by atoms with Gasteiger partial charge in [-0.25, -0.2) is 0 Å². The van der Waals surface area contributed by atoms with E-state index in [1.807, 2.05) is 11.8 Å². The maximum absolute atomic E-state index is 6.18. The molecule has 0 saturated carbocycles. The minimum absolute atomic E-state index is 0.157. The normalized spacial score (nSPS) is 27.1. The second-order valence-electron chi connectivity index (χ2n) is 5.23. The van der Waals surface area contributed by atoms with Gasteiger partial charge in [0.25, 0.3) is 0 Å². The van der Waals surface area contributed by atoms with Crippen LogP contribution in [0, 0.1) is 6.92 Å². The molecule has 18 heavy (non-hydrogen) atoms. The Labute approximate surface area is 114 Å². The fourth-order valence-electron chi connectivity index (χ4n) is 2.43. The first-order chi connectivity index (χ1) is 8.58. The summed E-state index contributed by atoms with van der Waals surface area (Å²) in [7, 11) is 0. The molecule has 0 spiro atoms. The number of nitrogens with two attached hydrogens (primary N) is 1. The van der Waals surface area contributed by atoms with E-state index in [1.54, 1.807) is 0 Å². The van der Waals surface area contributed by atoms with Crippen molar-refractivity contribution in [2.75, 3.05) is 6.61 Å². The quantitative estimate of drug-likeness (QED) is 0.907. The van der Waals surface area contributed by atoms with Crippen molar-refractivity contribution in [1.82, 2.24) is 0 Å².